The smallest absolute Gasteiger partial charge is 0.306 e. The molecule has 0 bridgehead atoms. The van der Waals surface area contributed by atoms with E-state index in [2.05, 4.69) is 20.6 Å². The third-order valence-corrected chi connectivity index (χ3v) is 9.22. The fourth-order valence-corrected chi connectivity index (χ4v) is 6.02. The van der Waals surface area contributed by atoms with Crippen LogP contribution in [-0.2, 0) is 39.9 Å². The van der Waals surface area contributed by atoms with Crippen LogP contribution in [0.5, 0.6) is 0 Å². The average molecular weight is 754 g/mol. The van der Waals surface area contributed by atoms with Crippen molar-refractivity contribution < 1.29 is 45.1 Å². The number of hydrogen-bond donors (Lipinski definition) is 6. The van der Waals surface area contributed by atoms with Gasteiger partial charge in [0, 0.05) is 52.1 Å². The zero-order valence-electron chi connectivity index (χ0n) is 32.1. The predicted molar refractivity (Wildman–Crippen MR) is 205 cm³/mol. The molecule has 0 saturated heterocycles. The number of carboxylic acid groups (broad SMARTS) is 2. The van der Waals surface area contributed by atoms with Crippen molar-refractivity contribution in [3.8, 4) is 0 Å². The lowest BCUT2D eigenvalue weighted by Gasteiger charge is -2.15. The van der Waals surface area contributed by atoms with Crippen molar-refractivity contribution in [3.05, 3.63) is 18.2 Å². The first-order chi connectivity index (χ1) is 25.7. The molecule has 1 aromatic heterocycles. The van der Waals surface area contributed by atoms with Gasteiger partial charge < -0.3 is 41.0 Å². The summed E-state index contributed by atoms with van der Waals surface area (Å²) in [6, 6.07) is -0.793. The molecule has 0 aliphatic rings. The van der Waals surface area contributed by atoms with Gasteiger partial charge in [0.2, 0.25) is 11.8 Å². The van der Waals surface area contributed by atoms with Crippen LogP contribution >= 0.6 is 0 Å². The highest BCUT2D eigenvalue weighted by molar-refractivity contribution is 5.87. The number of nitrogens with zero attached hydrogens (tertiary/aromatic N) is 1. The number of ether oxygens (including phenoxy) is 2. The van der Waals surface area contributed by atoms with E-state index >= 15 is 0 Å². The van der Waals surface area contributed by atoms with Crippen molar-refractivity contribution in [1.82, 2.24) is 20.6 Å². The number of nitrogens with two attached hydrogens (primary N) is 1. The number of carboxylic acids is 2. The summed E-state index contributed by atoms with van der Waals surface area (Å²) in [5, 5.41) is 23.8. The van der Waals surface area contributed by atoms with Crippen LogP contribution in [0.25, 0.3) is 0 Å². The van der Waals surface area contributed by atoms with Crippen LogP contribution < -0.4 is 16.4 Å². The number of aliphatic carboxylic acids is 2. The van der Waals surface area contributed by atoms with E-state index in [1.807, 2.05) is 0 Å². The van der Waals surface area contributed by atoms with Gasteiger partial charge in [0.1, 0.15) is 6.61 Å². The number of aromatic amines is 1. The summed E-state index contributed by atoms with van der Waals surface area (Å²) < 4.78 is 10.8. The fourth-order valence-electron chi connectivity index (χ4n) is 6.02. The Balaban J connectivity index is 0.0000281. The van der Waals surface area contributed by atoms with Crippen molar-refractivity contribution >= 4 is 29.5 Å². The Kier molecular flexibility index (Phi) is 29.9. The number of H-pyrrole nitrogens is 1. The van der Waals surface area contributed by atoms with E-state index in [0.29, 0.717) is 58.4 Å². The second kappa shape index (κ2) is 33.2. The van der Waals surface area contributed by atoms with Crippen LogP contribution in [0.2, 0.25) is 0 Å². The molecule has 0 radical (unpaired) electrons. The minimum absolute atomic E-state index is 0. The molecule has 306 valence electrons. The van der Waals surface area contributed by atoms with Gasteiger partial charge in [0.25, 0.3) is 0 Å². The van der Waals surface area contributed by atoms with E-state index in [9.17, 15) is 29.1 Å². The molecule has 0 fully saturated rings. The number of nitrogens with one attached hydrogen (secondary N) is 3. The number of ketones is 1. The Hall–Kier alpha value is -3.36. The molecule has 14 heteroatoms. The average Bonchev–Trinajstić information content (AvgIpc) is 3.64. The molecule has 0 aliphatic carbocycles. The van der Waals surface area contributed by atoms with Crippen LogP contribution in [0.1, 0.15) is 148 Å². The number of amides is 2. The van der Waals surface area contributed by atoms with Gasteiger partial charge in [-0.1, -0.05) is 96.3 Å². The Bertz CT molecular complexity index is 1110. The first kappa shape index (κ1) is 47.7. The third-order valence-electron chi connectivity index (χ3n) is 9.22. The maximum atomic E-state index is 12.4. The van der Waals surface area contributed by atoms with Crippen molar-refractivity contribution in [1.29, 1.82) is 0 Å². The van der Waals surface area contributed by atoms with Crippen LogP contribution in [0.3, 0.4) is 0 Å². The molecule has 2 amide bonds. The maximum Gasteiger partial charge on any atom is 0.306 e. The summed E-state index contributed by atoms with van der Waals surface area (Å²) in [6.07, 6.45) is 24.4. The molecular formula is C39H71N5O9. The molecule has 0 aromatic carbocycles. The van der Waals surface area contributed by atoms with Crippen LogP contribution in [-0.4, -0.2) is 95.3 Å². The van der Waals surface area contributed by atoms with Crippen LogP contribution in [0, 0.1) is 5.92 Å². The zero-order chi connectivity index (χ0) is 38.8. The van der Waals surface area contributed by atoms with E-state index in [-0.39, 0.29) is 45.1 Å². The molecule has 1 rings (SSSR count). The summed E-state index contributed by atoms with van der Waals surface area (Å²) in [5.41, 5.74) is 6.65. The van der Waals surface area contributed by atoms with Gasteiger partial charge in [0.15, 0.2) is 5.78 Å². The lowest BCUT2D eigenvalue weighted by molar-refractivity contribution is -0.144. The molecule has 0 unspecified atom stereocenters. The van der Waals surface area contributed by atoms with E-state index in [4.69, 9.17) is 20.3 Å². The van der Waals surface area contributed by atoms with Crippen LogP contribution in [0.4, 0.5) is 0 Å². The van der Waals surface area contributed by atoms with Gasteiger partial charge in [-0.2, -0.15) is 0 Å². The number of hydrogen-bond acceptors (Lipinski definition) is 9. The Morgan fingerprint density at radius 3 is 1.79 bits per heavy atom. The summed E-state index contributed by atoms with van der Waals surface area (Å²) in [4.78, 5) is 65.3. The molecule has 1 heterocycles. The molecule has 0 aliphatic heterocycles. The van der Waals surface area contributed by atoms with E-state index in [0.717, 1.165) is 37.8 Å². The van der Waals surface area contributed by atoms with Gasteiger partial charge in [-0.05, 0) is 25.7 Å². The first-order valence-electron chi connectivity index (χ1n) is 20.1. The highest BCUT2D eigenvalue weighted by Gasteiger charge is 2.24. The maximum absolute atomic E-state index is 12.4. The number of aromatic nitrogens is 2. The summed E-state index contributed by atoms with van der Waals surface area (Å²) in [7, 11) is 0. The minimum atomic E-state index is -1.03. The molecule has 1 aromatic rings. The van der Waals surface area contributed by atoms with Gasteiger partial charge in [0.05, 0.1) is 38.1 Å². The van der Waals surface area contributed by atoms with Crippen molar-refractivity contribution in [2.24, 2.45) is 11.7 Å². The van der Waals surface area contributed by atoms with Crippen molar-refractivity contribution in [2.75, 3.05) is 39.5 Å². The molecule has 0 saturated carbocycles. The first-order valence-corrected chi connectivity index (χ1v) is 20.1. The second-order valence-electron chi connectivity index (χ2n) is 14.0. The fraction of sp³-hybridized carbons (Fsp3) is 0.795. The van der Waals surface area contributed by atoms with Crippen molar-refractivity contribution in [2.45, 2.75) is 154 Å². The standard InChI is InChI=1S/C39H69N5O9.H2/c40-34(28-33-29-41-31-44-33)35(45)27-32(39(50)51)19-17-18-22-42-37(47)30-53-26-25-52-24-23-43-36(46)20-15-13-11-9-7-5-3-1-2-4-6-8-10-12-14-16-21-38(48)49;/h29,31-32,34H,1-28,30,40H2,(H,41,44)(H,42,47)(H,43,46)(H,48,49)(H,50,51);1H/t32-,34+;/m1./s1. The normalized spacial score (nSPS) is 12.3. The summed E-state index contributed by atoms with van der Waals surface area (Å²) >= 11 is 0. The van der Waals surface area contributed by atoms with Gasteiger partial charge in [-0.3, -0.25) is 24.0 Å². The quantitative estimate of drug-likeness (QED) is 0.0448. The highest BCUT2D eigenvalue weighted by Crippen LogP contribution is 2.16. The van der Waals surface area contributed by atoms with Gasteiger partial charge >= 0.3 is 11.9 Å². The SMILES string of the molecule is N[C@@H](Cc1cnc[nH]1)C(=O)C[C@@H](CCCCNC(=O)COCCOCCNC(=O)CCCCCCCCCCCCCCCCCCC(=O)O)C(=O)O.[HH]. The molecule has 2 atom stereocenters. The Morgan fingerprint density at radius 2 is 1.25 bits per heavy atom. The molecule has 53 heavy (non-hydrogen) atoms. The number of Topliss-reactive ketones (excluding diaryl/α,β-unsaturated/α-hetero) is 1. The molecule has 7 N–H and O–H groups in total. The number of imidazole rings is 1. The number of carbonyl (C=O) groups excluding carboxylic acids is 3. The summed E-state index contributed by atoms with van der Waals surface area (Å²) in [5.74, 6) is -3.08. The van der Waals surface area contributed by atoms with E-state index in [1.165, 1.54) is 77.0 Å². The van der Waals surface area contributed by atoms with Crippen LogP contribution in [0.15, 0.2) is 12.5 Å². The van der Waals surface area contributed by atoms with Gasteiger partial charge in [-0.25, -0.2) is 4.98 Å². The number of unbranched alkanes of at least 4 members (excludes halogenated alkanes) is 16. The second-order valence-corrected chi connectivity index (χ2v) is 14.0. The number of rotatable bonds is 38. The zero-order valence-corrected chi connectivity index (χ0v) is 32.1. The Labute approximate surface area is 318 Å². The topological polar surface area (TPSA) is 223 Å². The molecular weight excluding hydrogens is 682 g/mol. The number of carbonyl (C=O) groups is 5. The lowest BCUT2D eigenvalue weighted by atomic mass is 9.92. The molecule has 14 nitrogen and oxygen atoms in total. The monoisotopic (exact) mass is 754 g/mol. The lowest BCUT2D eigenvalue weighted by Crippen LogP contribution is -2.35. The highest BCUT2D eigenvalue weighted by atomic mass is 16.5. The molecule has 0 spiro atoms. The Morgan fingerprint density at radius 1 is 0.698 bits per heavy atom. The van der Waals surface area contributed by atoms with Crippen molar-refractivity contribution in [3.63, 3.8) is 0 Å². The third kappa shape index (κ3) is 29.7. The van der Waals surface area contributed by atoms with Gasteiger partial charge in [-0.15, -0.1) is 0 Å². The van der Waals surface area contributed by atoms with E-state index < -0.39 is 23.9 Å². The minimum Gasteiger partial charge on any atom is -0.481 e. The largest absolute Gasteiger partial charge is 0.481 e. The van der Waals surface area contributed by atoms with E-state index in [1.54, 1.807) is 6.20 Å². The summed E-state index contributed by atoms with van der Waals surface area (Å²) in [6.45, 7) is 1.63. The predicted octanol–water partition coefficient (Wildman–Crippen LogP) is 5.73.